The zero-order chi connectivity index (χ0) is 17.5. The van der Waals surface area contributed by atoms with Crippen LogP contribution in [-0.2, 0) is 19.1 Å². The molecule has 0 saturated carbocycles. The number of imide groups is 1. The van der Waals surface area contributed by atoms with Crippen molar-refractivity contribution >= 4 is 17.8 Å². The summed E-state index contributed by atoms with van der Waals surface area (Å²) in [5.74, 6) is -2.00. The molecule has 3 heterocycles. The van der Waals surface area contributed by atoms with Crippen LogP contribution in [0.3, 0.4) is 0 Å². The number of fused-ring (bicyclic) bond motifs is 1. The van der Waals surface area contributed by atoms with Crippen molar-refractivity contribution in [1.82, 2.24) is 10.2 Å². The summed E-state index contributed by atoms with van der Waals surface area (Å²) < 4.78 is 10.7. The van der Waals surface area contributed by atoms with Crippen molar-refractivity contribution < 1.29 is 23.5 Å². The molecule has 1 aromatic rings. The molecule has 0 unspecified atom stereocenters. The second-order valence-corrected chi connectivity index (χ2v) is 6.32. The molecule has 7 heteroatoms. The smallest absolute Gasteiger partial charge is 0.327 e. The van der Waals surface area contributed by atoms with Gasteiger partial charge in [0.25, 0.3) is 0 Å². The number of esters is 1. The van der Waals surface area contributed by atoms with E-state index in [1.54, 1.807) is 19.1 Å². The first kappa shape index (κ1) is 16.7. The molecule has 0 radical (unpaired) electrons. The van der Waals surface area contributed by atoms with E-state index in [1.165, 1.54) is 13.3 Å². The van der Waals surface area contributed by atoms with Crippen LogP contribution in [0.1, 0.15) is 38.5 Å². The van der Waals surface area contributed by atoms with Gasteiger partial charge in [0.2, 0.25) is 11.8 Å². The van der Waals surface area contributed by atoms with Gasteiger partial charge >= 0.3 is 5.97 Å². The maximum atomic E-state index is 12.8. The average Bonchev–Trinajstić information content (AvgIpc) is 3.23. The van der Waals surface area contributed by atoms with Crippen molar-refractivity contribution in [3.8, 4) is 0 Å². The first-order valence-electron chi connectivity index (χ1n) is 8.27. The number of ether oxygens (including phenoxy) is 1. The van der Waals surface area contributed by atoms with E-state index < -0.39 is 29.4 Å². The summed E-state index contributed by atoms with van der Waals surface area (Å²) in [5, 5.41) is 3.24. The van der Waals surface area contributed by atoms with Gasteiger partial charge in [-0.3, -0.25) is 24.6 Å². The van der Waals surface area contributed by atoms with Crippen LogP contribution >= 0.6 is 0 Å². The van der Waals surface area contributed by atoms with Crippen LogP contribution < -0.4 is 5.32 Å². The Bertz CT molecular complexity index is 656. The Hall–Kier alpha value is -2.15. The molecular weight excluding hydrogens is 312 g/mol. The summed E-state index contributed by atoms with van der Waals surface area (Å²) in [6.45, 7) is 3.87. The van der Waals surface area contributed by atoms with E-state index >= 15 is 0 Å². The third kappa shape index (κ3) is 2.18. The molecule has 4 atom stereocenters. The molecule has 3 rings (SSSR count). The Morgan fingerprint density at radius 3 is 2.71 bits per heavy atom. The topological polar surface area (TPSA) is 88.8 Å². The van der Waals surface area contributed by atoms with Crippen LogP contribution in [0.15, 0.2) is 22.8 Å². The number of likely N-dealkylation sites (tertiary alicyclic amines) is 1. The highest BCUT2D eigenvalue weighted by Gasteiger charge is 2.68. The van der Waals surface area contributed by atoms with Crippen LogP contribution in [0.4, 0.5) is 0 Å². The van der Waals surface area contributed by atoms with Gasteiger partial charge in [-0.15, -0.1) is 0 Å². The number of carbonyl (C=O) groups is 3. The van der Waals surface area contributed by atoms with Gasteiger partial charge in [-0.25, -0.2) is 0 Å². The highest BCUT2D eigenvalue weighted by Crippen LogP contribution is 2.50. The highest BCUT2D eigenvalue weighted by molar-refractivity contribution is 6.09. The minimum atomic E-state index is -1.20. The van der Waals surface area contributed by atoms with Gasteiger partial charge in [0.15, 0.2) is 0 Å². The number of hydrogen-bond acceptors (Lipinski definition) is 6. The monoisotopic (exact) mass is 334 g/mol. The first-order chi connectivity index (χ1) is 11.5. The van der Waals surface area contributed by atoms with Gasteiger partial charge in [-0.2, -0.15) is 0 Å². The van der Waals surface area contributed by atoms with E-state index in [4.69, 9.17) is 9.15 Å². The molecular formula is C17H22N2O5. The summed E-state index contributed by atoms with van der Waals surface area (Å²) in [5.41, 5.74) is -1.20. The van der Waals surface area contributed by atoms with Crippen LogP contribution in [0.2, 0.25) is 0 Å². The summed E-state index contributed by atoms with van der Waals surface area (Å²) in [6.07, 6.45) is 2.60. The lowest BCUT2D eigenvalue weighted by Crippen LogP contribution is -2.56. The van der Waals surface area contributed by atoms with Gasteiger partial charge < -0.3 is 9.15 Å². The number of hydrogen-bond donors (Lipinski definition) is 1. The summed E-state index contributed by atoms with van der Waals surface area (Å²) in [6, 6.07) is 2.95. The first-order valence-corrected chi connectivity index (χ1v) is 8.27. The Kier molecular flexibility index (Phi) is 4.21. The molecule has 0 spiro atoms. The highest BCUT2D eigenvalue weighted by atomic mass is 16.5. The minimum absolute atomic E-state index is 0.215. The Balaban J connectivity index is 2.10. The van der Waals surface area contributed by atoms with Crippen molar-refractivity contribution in [1.29, 1.82) is 0 Å². The predicted octanol–water partition coefficient (Wildman–Crippen LogP) is 1.26. The minimum Gasteiger partial charge on any atom is -0.468 e. The van der Waals surface area contributed by atoms with E-state index in [2.05, 4.69) is 5.32 Å². The maximum absolute atomic E-state index is 12.8. The lowest BCUT2D eigenvalue weighted by molar-refractivity contribution is -0.156. The van der Waals surface area contributed by atoms with E-state index in [-0.39, 0.29) is 18.4 Å². The summed E-state index contributed by atoms with van der Waals surface area (Å²) in [7, 11) is 1.46. The second-order valence-electron chi connectivity index (χ2n) is 6.32. The molecule has 1 N–H and O–H groups in total. The van der Waals surface area contributed by atoms with Gasteiger partial charge in [0, 0.05) is 7.05 Å². The van der Waals surface area contributed by atoms with E-state index in [1.807, 2.05) is 6.92 Å². The van der Waals surface area contributed by atoms with E-state index in [9.17, 15) is 14.4 Å². The molecule has 2 aliphatic heterocycles. The van der Waals surface area contributed by atoms with Crippen molar-refractivity contribution in [3.63, 3.8) is 0 Å². The van der Waals surface area contributed by atoms with E-state index in [0.717, 1.165) is 4.90 Å². The number of amides is 2. The molecule has 2 fully saturated rings. The lowest BCUT2D eigenvalue weighted by Gasteiger charge is -2.32. The third-order valence-electron chi connectivity index (χ3n) is 5.01. The largest absolute Gasteiger partial charge is 0.468 e. The molecule has 0 aromatic carbocycles. The Labute approximate surface area is 140 Å². The molecule has 0 aliphatic carbocycles. The molecule has 2 amide bonds. The summed E-state index contributed by atoms with van der Waals surface area (Å²) >= 11 is 0. The van der Waals surface area contributed by atoms with Gasteiger partial charge in [-0.05, 0) is 25.5 Å². The second kappa shape index (κ2) is 6.05. The van der Waals surface area contributed by atoms with E-state index in [0.29, 0.717) is 18.6 Å². The van der Waals surface area contributed by atoms with Crippen molar-refractivity contribution in [2.45, 2.75) is 38.3 Å². The zero-order valence-corrected chi connectivity index (χ0v) is 14.1. The lowest BCUT2D eigenvalue weighted by atomic mass is 9.77. The predicted molar refractivity (Wildman–Crippen MR) is 83.6 cm³/mol. The summed E-state index contributed by atoms with van der Waals surface area (Å²) in [4.78, 5) is 39.3. The Morgan fingerprint density at radius 1 is 1.38 bits per heavy atom. The van der Waals surface area contributed by atoms with Crippen molar-refractivity contribution in [2.75, 3.05) is 13.7 Å². The van der Waals surface area contributed by atoms with Gasteiger partial charge in [0.1, 0.15) is 11.3 Å². The van der Waals surface area contributed by atoms with Crippen LogP contribution in [0.25, 0.3) is 0 Å². The van der Waals surface area contributed by atoms with Crippen molar-refractivity contribution in [2.24, 2.45) is 11.8 Å². The maximum Gasteiger partial charge on any atom is 0.327 e. The molecule has 7 nitrogen and oxygen atoms in total. The fourth-order valence-corrected chi connectivity index (χ4v) is 4.03. The number of furan rings is 1. The fraction of sp³-hybridized carbons (Fsp3) is 0.588. The number of nitrogens with zero attached hydrogens (tertiary/aromatic N) is 1. The quantitative estimate of drug-likeness (QED) is 0.644. The molecule has 130 valence electrons. The number of nitrogens with one attached hydrogen (secondary N) is 1. The SMILES string of the molecule is CCC[C@]1(C(=O)OCC)N[C@@H](c2ccco2)[C@H]2C(=O)N(C)C(=O)[C@@H]21. The molecule has 24 heavy (non-hydrogen) atoms. The average molecular weight is 334 g/mol. The zero-order valence-electron chi connectivity index (χ0n) is 14.1. The fourth-order valence-electron chi connectivity index (χ4n) is 4.03. The van der Waals surface area contributed by atoms with Crippen LogP contribution in [0, 0.1) is 11.8 Å². The van der Waals surface area contributed by atoms with Crippen LogP contribution in [-0.4, -0.2) is 41.9 Å². The van der Waals surface area contributed by atoms with Gasteiger partial charge in [0.05, 0.1) is 30.7 Å². The van der Waals surface area contributed by atoms with Crippen LogP contribution in [0.5, 0.6) is 0 Å². The Morgan fingerprint density at radius 2 is 2.12 bits per heavy atom. The molecule has 2 aliphatic rings. The number of rotatable bonds is 5. The van der Waals surface area contributed by atoms with Gasteiger partial charge in [-0.1, -0.05) is 13.3 Å². The normalized spacial score (nSPS) is 32.3. The third-order valence-corrected chi connectivity index (χ3v) is 5.01. The standard InChI is InChI=1S/C17H22N2O5/c1-4-8-17(16(22)23-5-2)12-11(14(20)19(3)15(12)21)13(18-17)10-7-6-9-24-10/h6-7,9,11-13,18H,4-5,8H2,1-3H3/t11-,12+,13-,17-/m0/s1. The molecule has 0 bridgehead atoms. The van der Waals surface area contributed by atoms with Crippen molar-refractivity contribution in [3.05, 3.63) is 24.2 Å². The number of carbonyl (C=O) groups excluding carboxylic acids is 3. The molecule has 2 saturated heterocycles. The molecule has 1 aromatic heterocycles.